The molecular formula is C15H19NO4S. The number of carbonyl (C=O) groups is 2. The minimum absolute atomic E-state index is 0.220. The summed E-state index contributed by atoms with van der Waals surface area (Å²) in [6.07, 6.45) is 0.940. The fourth-order valence-electron chi connectivity index (χ4n) is 2.22. The van der Waals surface area contributed by atoms with Gasteiger partial charge in [-0.05, 0) is 12.1 Å². The van der Waals surface area contributed by atoms with E-state index in [1.54, 1.807) is 11.8 Å². The van der Waals surface area contributed by atoms with Gasteiger partial charge in [0, 0.05) is 43.1 Å². The van der Waals surface area contributed by atoms with Crippen molar-refractivity contribution in [3.63, 3.8) is 0 Å². The third-order valence-corrected chi connectivity index (χ3v) is 4.49. The Hall–Kier alpha value is -1.53. The van der Waals surface area contributed by atoms with Crippen LogP contribution in [-0.2, 0) is 14.3 Å². The first-order valence-corrected chi connectivity index (χ1v) is 7.91. The Morgan fingerprint density at radius 3 is 2.52 bits per heavy atom. The first-order valence-electron chi connectivity index (χ1n) is 6.92. The monoisotopic (exact) mass is 309 g/mol. The molecule has 0 spiro atoms. The van der Waals surface area contributed by atoms with Gasteiger partial charge in [0.25, 0.3) is 0 Å². The van der Waals surface area contributed by atoms with Gasteiger partial charge in [0.15, 0.2) is 0 Å². The molecule has 2 rings (SSSR count). The number of amides is 1. The molecule has 5 nitrogen and oxygen atoms in total. The number of carbonyl (C=O) groups excluding carboxylic acids is 1. The quantitative estimate of drug-likeness (QED) is 0.785. The highest BCUT2D eigenvalue weighted by molar-refractivity contribution is 7.99. The van der Waals surface area contributed by atoms with Gasteiger partial charge < -0.3 is 15.2 Å². The third kappa shape index (κ3) is 4.47. The zero-order valence-electron chi connectivity index (χ0n) is 11.7. The molecule has 0 aromatic heterocycles. The molecule has 1 aromatic rings. The van der Waals surface area contributed by atoms with Crippen LogP contribution in [0.3, 0.4) is 0 Å². The molecular weight excluding hydrogens is 290 g/mol. The molecule has 6 heteroatoms. The summed E-state index contributed by atoms with van der Waals surface area (Å²) >= 11 is 1.59. The van der Waals surface area contributed by atoms with Gasteiger partial charge in [0.05, 0.1) is 0 Å². The van der Waals surface area contributed by atoms with Crippen LogP contribution in [0.2, 0.25) is 0 Å². The SMILES string of the molecule is O=C(CCSc1ccccc1)NC1(C(=O)O)CCOCC1. The van der Waals surface area contributed by atoms with Gasteiger partial charge >= 0.3 is 5.97 Å². The predicted molar refractivity (Wildman–Crippen MR) is 80.3 cm³/mol. The lowest BCUT2D eigenvalue weighted by Gasteiger charge is -2.33. The maximum absolute atomic E-state index is 12.0. The number of hydrogen-bond acceptors (Lipinski definition) is 4. The largest absolute Gasteiger partial charge is 0.480 e. The summed E-state index contributed by atoms with van der Waals surface area (Å²) in [6.45, 7) is 0.733. The molecule has 1 saturated heterocycles. The molecule has 1 heterocycles. The summed E-state index contributed by atoms with van der Waals surface area (Å²) < 4.78 is 5.18. The second kappa shape index (κ2) is 7.47. The minimum atomic E-state index is -1.16. The number of carboxylic acid groups (broad SMARTS) is 1. The fourth-order valence-corrected chi connectivity index (χ4v) is 3.09. The van der Waals surface area contributed by atoms with Gasteiger partial charge in [-0.15, -0.1) is 11.8 Å². The number of ether oxygens (including phenoxy) is 1. The van der Waals surface area contributed by atoms with Crippen LogP contribution in [0.5, 0.6) is 0 Å². The molecule has 0 bridgehead atoms. The van der Waals surface area contributed by atoms with E-state index in [9.17, 15) is 14.7 Å². The molecule has 1 aliphatic heterocycles. The average molecular weight is 309 g/mol. The predicted octanol–water partition coefficient (Wildman–Crippen LogP) is 1.92. The Labute approximate surface area is 128 Å². The second-order valence-electron chi connectivity index (χ2n) is 4.96. The summed E-state index contributed by atoms with van der Waals surface area (Å²) in [4.78, 5) is 24.5. The van der Waals surface area contributed by atoms with Gasteiger partial charge in [-0.1, -0.05) is 18.2 Å². The lowest BCUT2D eigenvalue weighted by atomic mass is 9.90. The number of nitrogens with one attached hydrogen (secondary N) is 1. The van der Waals surface area contributed by atoms with Crippen LogP contribution in [0.1, 0.15) is 19.3 Å². The van der Waals surface area contributed by atoms with Crippen LogP contribution < -0.4 is 5.32 Å². The first-order chi connectivity index (χ1) is 10.1. The minimum Gasteiger partial charge on any atom is -0.480 e. The van der Waals surface area contributed by atoms with Crippen LogP contribution in [0, 0.1) is 0 Å². The van der Waals surface area contributed by atoms with Crippen LogP contribution in [0.15, 0.2) is 35.2 Å². The highest BCUT2D eigenvalue weighted by Gasteiger charge is 2.41. The second-order valence-corrected chi connectivity index (χ2v) is 6.13. The molecule has 1 aromatic carbocycles. The number of rotatable bonds is 6. The Morgan fingerprint density at radius 1 is 1.24 bits per heavy atom. The average Bonchev–Trinajstić information content (AvgIpc) is 2.49. The first kappa shape index (κ1) is 15.9. The topological polar surface area (TPSA) is 75.6 Å². The number of thioether (sulfide) groups is 1. The van der Waals surface area contributed by atoms with Crippen molar-refractivity contribution in [2.24, 2.45) is 0 Å². The van der Waals surface area contributed by atoms with Crippen molar-refractivity contribution in [1.82, 2.24) is 5.32 Å². The smallest absolute Gasteiger partial charge is 0.329 e. The molecule has 0 unspecified atom stereocenters. The maximum Gasteiger partial charge on any atom is 0.329 e. The van der Waals surface area contributed by atoms with Gasteiger partial charge in [0.1, 0.15) is 5.54 Å². The standard InChI is InChI=1S/C15H19NO4S/c17-13(6-11-21-12-4-2-1-3-5-12)16-15(14(18)19)7-9-20-10-8-15/h1-5H,6-11H2,(H,16,17)(H,18,19). The van der Waals surface area contributed by atoms with E-state index in [1.165, 1.54) is 0 Å². The molecule has 2 N–H and O–H groups in total. The van der Waals surface area contributed by atoms with E-state index in [-0.39, 0.29) is 5.91 Å². The lowest BCUT2D eigenvalue weighted by molar-refractivity contribution is -0.152. The van der Waals surface area contributed by atoms with E-state index in [2.05, 4.69) is 5.32 Å². The van der Waals surface area contributed by atoms with Gasteiger partial charge in [-0.25, -0.2) is 4.79 Å². The molecule has 21 heavy (non-hydrogen) atoms. The van der Waals surface area contributed by atoms with Gasteiger partial charge in [-0.2, -0.15) is 0 Å². The molecule has 0 radical (unpaired) electrons. The molecule has 1 aliphatic rings. The number of carboxylic acids is 1. The molecule has 114 valence electrons. The highest BCUT2D eigenvalue weighted by atomic mass is 32.2. The Balaban J connectivity index is 1.81. The molecule has 1 amide bonds. The Morgan fingerprint density at radius 2 is 1.90 bits per heavy atom. The molecule has 0 saturated carbocycles. The summed E-state index contributed by atoms with van der Waals surface area (Å²) in [6, 6.07) is 9.81. The number of hydrogen-bond donors (Lipinski definition) is 2. The fraction of sp³-hybridized carbons (Fsp3) is 0.467. The van der Waals surface area contributed by atoms with E-state index < -0.39 is 11.5 Å². The van der Waals surface area contributed by atoms with E-state index in [0.29, 0.717) is 38.2 Å². The van der Waals surface area contributed by atoms with Crippen molar-refractivity contribution in [3.8, 4) is 0 Å². The van der Waals surface area contributed by atoms with Gasteiger partial charge in [-0.3, -0.25) is 4.79 Å². The van der Waals surface area contributed by atoms with Crippen molar-refractivity contribution in [2.75, 3.05) is 19.0 Å². The summed E-state index contributed by atoms with van der Waals surface area (Å²) in [5.41, 5.74) is -1.16. The Bertz CT molecular complexity index is 486. The van der Waals surface area contributed by atoms with E-state index >= 15 is 0 Å². The van der Waals surface area contributed by atoms with E-state index in [4.69, 9.17) is 4.74 Å². The van der Waals surface area contributed by atoms with Gasteiger partial charge in [0.2, 0.25) is 5.91 Å². The van der Waals surface area contributed by atoms with E-state index in [1.807, 2.05) is 30.3 Å². The van der Waals surface area contributed by atoms with Crippen molar-refractivity contribution in [1.29, 1.82) is 0 Å². The highest BCUT2D eigenvalue weighted by Crippen LogP contribution is 2.22. The molecule has 0 aliphatic carbocycles. The van der Waals surface area contributed by atoms with Crippen LogP contribution in [-0.4, -0.2) is 41.5 Å². The van der Waals surface area contributed by atoms with Crippen molar-refractivity contribution >= 4 is 23.6 Å². The van der Waals surface area contributed by atoms with Crippen molar-refractivity contribution in [2.45, 2.75) is 29.7 Å². The lowest BCUT2D eigenvalue weighted by Crippen LogP contribution is -2.57. The summed E-state index contributed by atoms with van der Waals surface area (Å²) in [5, 5.41) is 12.1. The van der Waals surface area contributed by atoms with Crippen LogP contribution in [0.4, 0.5) is 0 Å². The van der Waals surface area contributed by atoms with Crippen molar-refractivity contribution < 1.29 is 19.4 Å². The number of aliphatic carboxylic acids is 1. The maximum atomic E-state index is 12.0. The zero-order chi connectivity index (χ0) is 15.1. The number of benzene rings is 1. The summed E-state index contributed by atoms with van der Waals surface area (Å²) in [7, 11) is 0. The molecule has 1 fully saturated rings. The van der Waals surface area contributed by atoms with E-state index in [0.717, 1.165) is 4.90 Å². The zero-order valence-corrected chi connectivity index (χ0v) is 12.5. The molecule has 0 atom stereocenters. The Kier molecular flexibility index (Phi) is 5.64. The van der Waals surface area contributed by atoms with Crippen molar-refractivity contribution in [3.05, 3.63) is 30.3 Å². The third-order valence-electron chi connectivity index (χ3n) is 3.48. The van der Waals surface area contributed by atoms with Crippen LogP contribution >= 0.6 is 11.8 Å². The summed E-state index contributed by atoms with van der Waals surface area (Å²) in [5.74, 6) is -0.570. The van der Waals surface area contributed by atoms with Crippen LogP contribution in [0.25, 0.3) is 0 Å². The normalized spacial score (nSPS) is 17.1.